The molecule has 30 heavy (non-hydrogen) atoms. The van der Waals surface area contributed by atoms with E-state index in [2.05, 4.69) is 10.1 Å². The first kappa shape index (κ1) is 20.3. The number of primary amides is 1. The Bertz CT molecular complexity index is 1120. The number of urea groups is 1. The summed E-state index contributed by atoms with van der Waals surface area (Å²) in [5, 5.41) is 3.86. The number of hydrogen-bond acceptors (Lipinski definition) is 3. The highest BCUT2D eigenvalue weighted by Crippen LogP contribution is 2.47. The number of carbonyl (C=O) groups excluding carboxylic acids is 1. The summed E-state index contributed by atoms with van der Waals surface area (Å²) in [6.45, 7) is 0. The molecule has 1 aromatic carbocycles. The highest BCUT2D eigenvalue weighted by Gasteiger charge is 2.51. The number of rotatable bonds is 1. The fourth-order valence-electron chi connectivity index (χ4n) is 4.04. The number of amides is 2. The molecule has 2 N–H and O–H groups in total. The van der Waals surface area contributed by atoms with Crippen molar-refractivity contribution in [3.63, 3.8) is 0 Å². The third-order valence-corrected chi connectivity index (χ3v) is 5.34. The van der Waals surface area contributed by atoms with Gasteiger partial charge in [-0.3, -0.25) is 0 Å². The smallest absolute Gasteiger partial charge is 0.316 e. The summed E-state index contributed by atoms with van der Waals surface area (Å²) in [6.07, 6.45) is -6.29. The fraction of sp³-hybridized carbons (Fsp3) is 0.316. The molecule has 1 aromatic heterocycles. The van der Waals surface area contributed by atoms with Crippen LogP contribution in [0.1, 0.15) is 36.9 Å². The second-order valence-corrected chi connectivity index (χ2v) is 7.12. The molecule has 0 saturated carbocycles. The average Bonchev–Trinajstić information content (AvgIpc) is 3.06. The molecule has 1 unspecified atom stereocenters. The van der Waals surface area contributed by atoms with Gasteiger partial charge in [0.2, 0.25) is 0 Å². The summed E-state index contributed by atoms with van der Waals surface area (Å²) < 4.78 is 80.1. The standard InChI is InChI=1S/C19H14F6N4O/c20-18(21,22)12-6-3-5-11-14(8-15(19(23,24)25)28-16(11)12)29(17(26)30)13-7-2-1-4-10(13)9-27-29/h3,5-6,8-9H,1-2,4,7H2,(H-,26,30)/p+1. The Kier molecular flexibility index (Phi) is 4.42. The number of hydrogen-bond donors (Lipinski definition) is 1. The molecule has 11 heteroatoms. The van der Waals surface area contributed by atoms with Gasteiger partial charge in [0.1, 0.15) is 0 Å². The average molecular weight is 429 g/mol. The Morgan fingerprint density at radius 1 is 1.03 bits per heavy atom. The molecule has 2 amide bonds. The van der Waals surface area contributed by atoms with Crippen molar-refractivity contribution in [2.75, 3.05) is 0 Å². The van der Waals surface area contributed by atoms with Gasteiger partial charge >= 0.3 is 18.4 Å². The minimum Gasteiger partial charge on any atom is -0.316 e. The topological polar surface area (TPSA) is 68.3 Å². The first-order valence-corrected chi connectivity index (χ1v) is 9.02. The Hall–Kier alpha value is -2.95. The molecular formula is C19H15F6N4O+. The SMILES string of the molecule is NC(=O)[N+]1(c2cc(C(F)(F)F)nc3c(C(F)(F)F)cccc23)N=CC2=C1CCCC2. The summed E-state index contributed by atoms with van der Waals surface area (Å²) in [5.74, 6) is 0. The summed E-state index contributed by atoms with van der Waals surface area (Å²) in [5.41, 5.74) is 2.45. The van der Waals surface area contributed by atoms with Gasteiger partial charge in [-0.1, -0.05) is 15.8 Å². The van der Waals surface area contributed by atoms with Crippen LogP contribution in [0.3, 0.4) is 0 Å². The lowest BCUT2D eigenvalue weighted by molar-refractivity contribution is -0.142. The minimum atomic E-state index is -5.05. The number of nitrogens with two attached hydrogens (primary N) is 1. The predicted molar refractivity (Wildman–Crippen MR) is 97.1 cm³/mol. The number of halogens is 6. The molecule has 1 aliphatic carbocycles. The lowest BCUT2D eigenvalue weighted by Crippen LogP contribution is -2.51. The van der Waals surface area contributed by atoms with Crippen molar-refractivity contribution in [2.24, 2.45) is 10.8 Å². The summed E-state index contributed by atoms with van der Waals surface area (Å²) >= 11 is 0. The Morgan fingerprint density at radius 2 is 1.73 bits per heavy atom. The number of benzene rings is 1. The van der Waals surface area contributed by atoms with Crippen LogP contribution in [0.4, 0.5) is 36.8 Å². The molecule has 158 valence electrons. The van der Waals surface area contributed by atoms with Crippen LogP contribution < -0.4 is 10.3 Å². The number of carbonyl (C=O) groups is 1. The van der Waals surface area contributed by atoms with Gasteiger partial charge in [0.05, 0.1) is 22.7 Å². The molecule has 1 atom stereocenters. The third-order valence-electron chi connectivity index (χ3n) is 5.34. The van der Waals surface area contributed by atoms with Crippen molar-refractivity contribution in [1.82, 2.24) is 9.58 Å². The molecule has 2 heterocycles. The van der Waals surface area contributed by atoms with Gasteiger partial charge in [-0.2, -0.15) is 26.3 Å². The maximum Gasteiger partial charge on any atom is 0.450 e. The predicted octanol–water partition coefficient (Wildman–Crippen LogP) is 5.49. The molecule has 2 aliphatic rings. The zero-order chi connectivity index (χ0) is 21.9. The number of allylic oxidation sites excluding steroid dienone is 2. The van der Waals surface area contributed by atoms with E-state index in [9.17, 15) is 31.1 Å². The molecule has 5 nitrogen and oxygen atoms in total. The first-order chi connectivity index (χ1) is 14.0. The van der Waals surface area contributed by atoms with Gasteiger partial charge in [0.15, 0.2) is 17.1 Å². The highest BCUT2D eigenvalue weighted by molar-refractivity contribution is 6.04. The van der Waals surface area contributed by atoms with Gasteiger partial charge < -0.3 is 5.73 Å². The van der Waals surface area contributed by atoms with Crippen LogP contribution in [0.25, 0.3) is 10.9 Å². The summed E-state index contributed by atoms with van der Waals surface area (Å²) in [7, 11) is 0. The van der Waals surface area contributed by atoms with Crippen LogP contribution in [0.5, 0.6) is 0 Å². The Labute approximate surface area is 166 Å². The maximum atomic E-state index is 13.6. The molecule has 0 saturated heterocycles. The molecule has 0 spiro atoms. The van der Waals surface area contributed by atoms with E-state index < -0.39 is 45.4 Å². The molecule has 2 aromatic rings. The van der Waals surface area contributed by atoms with Crippen LogP contribution in [-0.4, -0.2) is 17.2 Å². The molecule has 0 fully saturated rings. The Morgan fingerprint density at radius 3 is 2.37 bits per heavy atom. The zero-order valence-corrected chi connectivity index (χ0v) is 15.3. The van der Waals surface area contributed by atoms with E-state index in [1.165, 1.54) is 12.3 Å². The van der Waals surface area contributed by atoms with Gasteiger partial charge in [-0.25, -0.2) is 9.78 Å². The Balaban J connectivity index is 2.14. The maximum absolute atomic E-state index is 13.6. The normalized spacial score (nSPS) is 21.9. The number of alkyl halides is 6. The number of nitrogens with zero attached hydrogens (tertiary/aromatic N) is 3. The van der Waals surface area contributed by atoms with E-state index in [1.807, 2.05) is 0 Å². The van der Waals surface area contributed by atoms with Gasteiger partial charge in [0.25, 0.3) is 0 Å². The van der Waals surface area contributed by atoms with Crippen LogP contribution >= 0.6 is 0 Å². The quantitative estimate of drug-likeness (QED) is 0.481. The van der Waals surface area contributed by atoms with Gasteiger partial charge in [-0.05, 0) is 31.4 Å². The van der Waals surface area contributed by atoms with Crippen molar-refractivity contribution >= 4 is 28.8 Å². The summed E-state index contributed by atoms with van der Waals surface area (Å²) in [4.78, 5) is 15.9. The minimum absolute atomic E-state index is 0.270. The molecule has 1 aliphatic heterocycles. The molecule has 0 bridgehead atoms. The number of aromatic nitrogens is 1. The van der Waals surface area contributed by atoms with Crippen molar-refractivity contribution in [1.29, 1.82) is 0 Å². The van der Waals surface area contributed by atoms with Gasteiger partial charge in [-0.15, -0.1) is 0 Å². The number of pyridine rings is 1. The fourth-order valence-corrected chi connectivity index (χ4v) is 4.04. The number of fused-ring (bicyclic) bond motifs is 1. The van der Waals surface area contributed by atoms with Crippen LogP contribution in [0.15, 0.2) is 40.6 Å². The number of para-hydroxylation sites is 1. The van der Waals surface area contributed by atoms with Crippen molar-refractivity contribution in [2.45, 2.75) is 38.0 Å². The molecular weight excluding hydrogens is 414 g/mol. The van der Waals surface area contributed by atoms with E-state index in [0.717, 1.165) is 12.5 Å². The third kappa shape index (κ3) is 2.95. The van der Waals surface area contributed by atoms with Gasteiger partial charge in [0, 0.05) is 18.1 Å². The van der Waals surface area contributed by atoms with E-state index in [4.69, 9.17) is 5.73 Å². The van der Waals surface area contributed by atoms with Crippen LogP contribution in [-0.2, 0) is 12.4 Å². The van der Waals surface area contributed by atoms with E-state index in [0.29, 0.717) is 42.7 Å². The summed E-state index contributed by atoms with van der Waals surface area (Å²) in [6, 6.07) is 2.35. The zero-order valence-electron chi connectivity index (χ0n) is 15.3. The van der Waals surface area contributed by atoms with Crippen molar-refractivity contribution in [3.05, 3.63) is 46.8 Å². The number of quaternary nitrogens is 1. The second kappa shape index (κ2) is 6.53. The van der Waals surface area contributed by atoms with Crippen LogP contribution in [0.2, 0.25) is 0 Å². The van der Waals surface area contributed by atoms with Crippen molar-refractivity contribution in [3.8, 4) is 0 Å². The lowest BCUT2D eigenvalue weighted by Gasteiger charge is -2.29. The molecule has 0 radical (unpaired) electrons. The first-order valence-electron chi connectivity index (χ1n) is 9.02. The monoisotopic (exact) mass is 429 g/mol. The molecule has 4 rings (SSSR count). The largest absolute Gasteiger partial charge is 0.450 e. The lowest BCUT2D eigenvalue weighted by atomic mass is 9.95. The van der Waals surface area contributed by atoms with E-state index in [-0.39, 0.29) is 5.39 Å². The van der Waals surface area contributed by atoms with Crippen molar-refractivity contribution < 1.29 is 31.1 Å². The van der Waals surface area contributed by atoms with Crippen LogP contribution in [0, 0.1) is 0 Å². The van der Waals surface area contributed by atoms with E-state index in [1.54, 1.807) is 0 Å². The highest BCUT2D eigenvalue weighted by atomic mass is 19.4. The van der Waals surface area contributed by atoms with E-state index >= 15 is 0 Å². The second-order valence-electron chi connectivity index (χ2n) is 7.12.